The summed E-state index contributed by atoms with van der Waals surface area (Å²) in [5.41, 5.74) is 0. The summed E-state index contributed by atoms with van der Waals surface area (Å²) in [6.07, 6.45) is 0. The second-order valence-corrected chi connectivity index (χ2v) is 4.71. The van der Waals surface area contributed by atoms with Gasteiger partial charge < -0.3 is 10.2 Å². The molecule has 126 valence electrons. The Bertz CT molecular complexity index is 976. The first-order valence-corrected chi connectivity index (χ1v) is 5.96. The minimum Gasteiger partial charge on any atom is -0.504 e. The van der Waals surface area contributed by atoms with Crippen molar-refractivity contribution >= 4 is 21.5 Å². The summed E-state index contributed by atoms with van der Waals surface area (Å²) in [6.45, 7) is 0. The quantitative estimate of drug-likeness (QED) is 0.354. The van der Waals surface area contributed by atoms with Crippen LogP contribution in [0, 0.1) is 46.5 Å². The van der Waals surface area contributed by atoms with Crippen LogP contribution in [0.5, 0.6) is 11.5 Å². The number of fused-ring (bicyclic) bond motifs is 3. The highest BCUT2D eigenvalue weighted by Gasteiger charge is 2.32. The average Bonchev–Trinajstić information content (AvgIpc) is 2.56. The summed E-state index contributed by atoms with van der Waals surface area (Å²) in [7, 11) is 0. The van der Waals surface area contributed by atoms with Gasteiger partial charge in [0.25, 0.3) is 0 Å². The first kappa shape index (κ1) is 16.1. The van der Waals surface area contributed by atoms with Gasteiger partial charge in [0.1, 0.15) is 0 Å². The van der Waals surface area contributed by atoms with E-state index in [0.717, 1.165) is 0 Å². The lowest BCUT2D eigenvalue weighted by Crippen LogP contribution is -2.03. The van der Waals surface area contributed by atoms with Crippen LogP contribution in [0.2, 0.25) is 0 Å². The van der Waals surface area contributed by atoms with Gasteiger partial charge in [0.05, 0.1) is 10.8 Å². The first-order chi connectivity index (χ1) is 11.1. The number of benzene rings is 3. The van der Waals surface area contributed by atoms with Crippen molar-refractivity contribution in [2.75, 3.05) is 0 Å². The summed E-state index contributed by atoms with van der Waals surface area (Å²) in [6, 6.07) is 0. The van der Waals surface area contributed by atoms with E-state index in [1.807, 2.05) is 0 Å². The molecule has 10 heteroatoms. The van der Waals surface area contributed by atoms with Gasteiger partial charge in [-0.2, -0.15) is 8.78 Å². The van der Waals surface area contributed by atoms with Crippen LogP contribution in [0.3, 0.4) is 0 Å². The predicted octanol–water partition coefficient (Wildman–Crippen LogP) is 4.52. The van der Waals surface area contributed by atoms with Crippen LogP contribution in [-0.4, -0.2) is 10.2 Å². The molecule has 0 aliphatic heterocycles. The van der Waals surface area contributed by atoms with Crippen molar-refractivity contribution in [3.05, 3.63) is 46.5 Å². The molecule has 2 nitrogen and oxygen atoms in total. The van der Waals surface area contributed by atoms with Crippen LogP contribution in [0.15, 0.2) is 0 Å². The fourth-order valence-corrected chi connectivity index (χ4v) is 2.41. The highest BCUT2D eigenvalue weighted by Crippen LogP contribution is 2.45. The van der Waals surface area contributed by atoms with Crippen molar-refractivity contribution in [1.82, 2.24) is 0 Å². The van der Waals surface area contributed by atoms with Gasteiger partial charge in [0, 0.05) is 10.8 Å². The van der Waals surface area contributed by atoms with Gasteiger partial charge in [0.2, 0.25) is 11.6 Å². The average molecular weight is 354 g/mol. The van der Waals surface area contributed by atoms with E-state index in [1.54, 1.807) is 0 Å². The summed E-state index contributed by atoms with van der Waals surface area (Å²) in [5.74, 6) is -22.3. The summed E-state index contributed by atoms with van der Waals surface area (Å²) < 4.78 is 109. The maximum absolute atomic E-state index is 14.0. The van der Waals surface area contributed by atoms with Crippen molar-refractivity contribution < 1.29 is 45.3 Å². The monoisotopic (exact) mass is 354 g/mol. The molecule has 0 bridgehead atoms. The molecule has 3 aromatic rings. The van der Waals surface area contributed by atoms with Gasteiger partial charge in [-0.05, 0) is 0 Å². The molecule has 0 saturated heterocycles. The van der Waals surface area contributed by atoms with E-state index >= 15 is 0 Å². The van der Waals surface area contributed by atoms with Crippen molar-refractivity contribution in [1.29, 1.82) is 0 Å². The Balaban J connectivity index is 2.87. The molecular weight excluding hydrogens is 352 g/mol. The van der Waals surface area contributed by atoms with Crippen molar-refractivity contribution in [2.24, 2.45) is 0 Å². The predicted molar refractivity (Wildman–Crippen MR) is 64.4 cm³/mol. The fourth-order valence-electron chi connectivity index (χ4n) is 2.41. The second-order valence-electron chi connectivity index (χ2n) is 4.71. The van der Waals surface area contributed by atoms with E-state index in [4.69, 9.17) is 0 Å². The molecule has 0 saturated carbocycles. The smallest absolute Gasteiger partial charge is 0.204 e. The van der Waals surface area contributed by atoms with Gasteiger partial charge in [-0.1, -0.05) is 0 Å². The number of rotatable bonds is 0. The molecule has 0 amide bonds. The highest BCUT2D eigenvalue weighted by atomic mass is 19.2. The SMILES string of the molecule is Oc1c(F)c(F)c(F)c2c1c(F)c(F)c1c(F)c(F)c(F)c(O)c12. The zero-order chi connectivity index (χ0) is 18.1. The number of halogens is 8. The lowest BCUT2D eigenvalue weighted by molar-refractivity contribution is 0.388. The Hall–Kier alpha value is -2.78. The number of phenols is 2. The molecule has 0 aliphatic rings. The van der Waals surface area contributed by atoms with Crippen LogP contribution >= 0.6 is 0 Å². The molecule has 0 heterocycles. The van der Waals surface area contributed by atoms with E-state index in [-0.39, 0.29) is 0 Å². The molecule has 0 aliphatic carbocycles. The van der Waals surface area contributed by atoms with Gasteiger partial charge in [-0.25, -0.2) is 26.3 Å². The molecule has 24 heavy (non-hydrogen) atoms. The molecule has 0 radical (unpaired) electrons. The van der Waals surface area contributed by atoms with E-state index in [2.05, 4.69) is 0 Å². The maximum atomic E-state index is 14.0. The molecule has 2 N–H and O–H groups in total. The first-order valence-electron chi connectivity index (χ1n) is 5.96. The highest BCUT2D eigenvalue weighted by molar-refractivity contribution is 6.13. The van der Waals surface area contributed by atoms with Gasteiger partial charge in [0.15, 0.2) is 46.4 Å². The molecule has 0 fully saturated rings. The largest absolute Gasteiger partial charge is 0.504 e. The molecule has 0 atom stereocenters. The minimum atomic E-state index is -2.40. The molecule has 3 rings (SSSR count). The number of hydrogen-bond acceptors (Lipinski definition) is 2. The normalized spacial score (nSPS) is 11.7. The lowest BCUT2D eigenvalue weighted by atomic mass is 9.97. The fraction of sp³-hybridized carbons (Fsp3) is 0. The zero-order valence-corrected chi connectivity index (χ0v) is 10.9. The minimum absolute atomic E-state index is 1.51. The third-order valence-electron chi connectivity index (χ3n) is 3.48. The number of aromatic hydroxyl groups is 2. The second kappa shape index (κ2) is 4.86. The molecular formula is C14H2F8O2. The van der Waals surface area contributed by atoms with Crippen LogP contribution in [0.4, 0.5) is 35.1 Å². The molecule has 0 aromatic heterocycles. The number of hydrogen-bond donors (Lipinski definition) is 2. The summed E-state index contributed by atoms with van der Waals surface area (Å²) in [4.78, 5) is 0. The lowest BCUT2D eigenvalue weighted by Gasteiger charge is -2.14. The Labute approximate surface area is 126 Å². The Morgan fingerprint density at radius 1 is 0.333 bits per heavy atom. The van der Waals surface area contributed by atoms with Gasteiger partial charge in [-0.3, -0.25) is 0 Å². The van der Waals surface area contributed by atoms with Crippen molar-refractivity contribution in [3.63, 3.8) is 0 Å². The molecule has 0 spiro atoms. The topological polar surface area (TPSA) is 40.5 Å². The van der Waals surface area contributed by atoms with Gasteiger partial charge in [-0.15, -0.1) is 0 Å². The number of phenolic OH excluding ortho intramolecular Hbond substituents is 2. The van der Waals surface area contributed by atoms with E-state index in [0.29, 0.717) is 0 Å². The summed E-state index contributed by atoms with van der Waals surface area (Å²) >= 11 is 0. The van der Waals surface area contributed by atoms with E-state index in [9.17, 15) is 45.3 Å². The Morgan fingerprint density at radius 3 is 1.17 bits per heavy atom. The standard InChI is InChI=1S/C14H2F8O2/c15-5-1-2-3(7(17)10(20)11(21)13(2)23)6(16)8(18)4(1)14(24)12(22)9(5)19/h23-24H. The van der Waals surface area contributed by atoms with Crippen LogP contribution in [0.25, 0.3) is 21.5 Å². The summed E-state index contributed by atoms with van der Waals surface area (Å²) in [5, 5.41) is 12.5. The van der Waals surface area contributed by atoms with Crippen molar-refractivity contribution in [3.8, 4) is 11.5 Å². The third-order valence-corrected chi connectivity index (χ3v) is 3.48. The van der Waals surface area contributed by atoms with Crippen molar-refractivity contribution in [2.45, 2.75) is 0 Å². The van der Waals surface area contributed by atoms with Crippen LogP contribution in [0.1, 0.15) is 0 Å². The zero-order valence-electron chi connectivity index (χ0n) is 10.9. The maximum Gasteiger partial charge on any atom is 0.204 e. The van der Waals surface area contributed by atoms with E-state index in [1.165, 1.54) is 0 Å². The van der Waals surface area contributed by atoms with Crippen LogP contribution in [-0.2, 0) is 0 Å². The third kappa shape index (κ3) is 1.70. The molecule has 3 aromatic carbocycles. The van der Waals surface area contributed by atoms with E-state index < -0.39 is 79.6 Å². The van der Waals surface area contributed by atoms with Crippen LogP contribution < -0.4 is 0 Å². The Morgan fingerprint density at radius 2 is 0.667 bits per heavy atom. The van der Waals surface area contributed by atoms with Gasteiger partial charge >= 0.3 is 0 Å². The molecule has 0 unspecified atom stereocenters. The Kier molecular flexibility index (Phi) is 3.26.